The summed E-state index contributed by atoms with van der Waals surface area (Å²) >= 11 is 1.36. The number of hydrogen-bond donors (Lipinski definition) is 1. The Balaban J connectivity index is 2.11. The minimum absolute atomic E-state index is 0.000609. The van der Waals surface area contributed by atoms with Gasteiger partial charge in [0.05, 0.1) is 5.75 Å². The van der Waals surface area contributed by atoms with Crippen molar-refractivity contribution in [3.63, 3.8) is 0 Å². The third-order valence-corrected chi connectivity index (χ3v) is 5.42. The number of thioether (sulfide) groups is 1. The Kier molecular flexibility index (Phi) is 9.19. The highest BCUT2D eigenvalue weighted by molar-refractivity contribution is 7.99. The van der Waals surface area contributed by atoms with Crippen molar-refractivity contribution in [1.82, 2.24) is 10.2 Å². The van der Waals surface area contributed by atoms with Crippen molar-refractivity contribution in [3.8, 4) is 0 Å². The fourth-order valence-corrected chi connectivity index (χ4v) is 3.92. The zero-order valence-corrected chi connectivity index (χ0v) is 18.0. The highest BCUT2D eigenvalue weighted by Crippen LogP contribution is 2.18. The molecule has 0 saturated carbocycles. The van der Waals surface area contributed by atoms with Gasteiger partial charge in [0.2, 0.25) is 11.8 Å². The Labute approximate surface area is 176 Å². The van der Waals surface area contributed by atoms with Gasteiger partial charge in [0, 0.05) is 18.3 Å². The molecule has 2 rings (SSSR count). The quantitative estimate of drug-likeness (QED) is 0.625. The average molecular weight is 417 g/mol. The second-order valence-electron chi connectivity index (χ2n) is 7.18. The molecular formula is C23H29FN2O2S. The minimum atomic E-state index is -0.542. The smallest absolute Gasteiger partial charge is 0.243 e. The lowest BCUT2D eigenvalue weighted by Crippen LogP contribution is -2.50. The molecule has 0 unspecified atom stereocenters. The van der Waals surface area contributed by atoms with Gasteiger partial charge in [0.1, 0.15) is 11.9 Å². The number of halogens is 1. The Morgan fingerprint density at radius 3 is 2.34 bits per heavy atom. The molecule has 0 aliphatic heterocycles. The summed E-state index contributed by atoms with van der Waals surface area (Å²) in [4.78, 5) is 27.4. The van der Waals surface area contributed by atoms with E-state index in [1.165, 1.54) is 17.8 Å². The van der Waals surface area contributed by atoms with Gasteiger partial charge in [-0.15, -0.1) is 11.8 Å². The molecule has 0 aliphatic rings. The van der Waals surface area contributed by atoms with Gasteiger partial charge in [-0.2, -0.15) is 0 Å². The zero-order valence-electron chi connectivity index (χ0n) is 17.2. The molecule has 1 N–H and O–H groups in total. The molecule has 4 nitrogen and oxygen atoms in total. The molecular weight excluding hydrogens is 387 g/mol. The molecule has 2 amide bonds. The number of carbonyl (C=O) groups excluding carboxylic acids is 2. The van der Waals surface area contributed by atoms with E-state index in [9.17, 15) is 14.0 Å². The largest absolute Gasteiger partial charge is 0.352 e. The van der Waals surface area contributed by atoms with Crippen LogP contribution in [0.25, 0.3) is 0 Å². The summed E-state index contributed by atoms with van der Waals surface area (Å²) in [6.45, 7) is 6.07. The number of hydrogen-bond acceptors (Lipinski definition) is 3. The van der Waals surface area contributed by atoms with Crippen LogP contribution in [-0.4, -0.2) is 34.6 Å². The Hall–Kier alpha value is -2.34. The predicted octanol–water partition coefficient (Wildman–Crippen LogP) is 4.39. The third-order valence-electron chi connectivity index (χ3n) is 4.45. The Morgan fingerprint density at radius 1 is 1.07 bits per heavy atom. The van der Waals surface area contributed by atoms with E-state index in [1.54, 1.807) is 23.1 Å². The first-order valence-electron chi connectivity index (χ1n) is 9.87. The summed E-state index contributed by atoms with van der Waals surface area (Å²) in [6, 6.07) is 15.7. The molecule has 0 aromatic heterocycles. The summed E-state index contributed by atoms with van der Waals surface area (Å²) < 4.78 is 13.8. The average Bonchev–Trinajstić information content (AvgIpc) is 2.69. The SMILES string of the molecule is CC[C@@H](C(=O)NC(C)C)N(Cc1ccccc1)C(=O)CSCc1ccccc1F. The first-order chi connectivity index (χ1) is 13.9. The summed E-state index contributed by atoms with van der Waals surface area (Å²) in [7, 11) is 0. The van der Waals surface area contributed by atoms with E-state index >= 15 is 0 Å². The number of carbonyl (C=O) groups is 2. The van der Waals surface area contributed by atoms with Gasteiger partial charge in [0.25, 0.3) is 0 Å². The van der Waals surface area contributed by atoms with Crippen molar-refractivity contribution in [3.05, 3.63) is 71.5 Å². The van der Waals surface area contributed by atoms with Crippen LogP contribution in [-0.2, 0) is 21.9 Å². The first kappa shape index (κ1) is 22.9. The van der Waals surface area contributed by atoms with Crippen LogP contribution in [0, 0.1) is 5.82 Å². The second-order valence-corrected chi connectivity index (χ2v) is 8.16. The molecule has 156 valence electrons. The summed E-state index contributed by atoms with van der Waals surface area (Å²) in [5, 5.41) is 2.92. The number of nitrogens with zero attached hydrogens (tertiary/aromatic N) is 1. The lowest BCUT2D eigenvalue weighted by molar-refractivity contribution is -0.139. The van der Waals surface area contributed by atoms with Crippen molar-refractivity contribution in [2.75, 3.05) is 5.75 Å². The molecule has 0 fully saturated rings. The maximum atomic E-state index is 13.8. The third kappa shape index (κ3) is 7.20. The van der Waals surface area contributed by atoms with Crippen LogP contribution in [0.15, 0.2) is 54.6 Å². The van der Waals surface area contributed by atoms with Gasteiger partial charge >= 0.3 is 0 Å². The first-order valence-corrected chi connectivity index (χ1v) is 11.0. The second kappa shape index (κ2) is 11.6. The van der Waals surface area contributed by atoms with Crippen molar-refractivity contribution in [1.29, 1.82) is 0 Å². The van der Waals surface area contributed by atoms with Gasteiger partial charge in [-0.1, -0.05) is 55.5 Å². The number of rotatable bonds is 10. The van der Waals surface area contributed by atoms with Crippen LogP contribution in [0.1, 0.15) is 38.3 Å². The lowest BCUT2D eigenvalue weighted by Gasteiger charge is -2.31. The zero-order chi connectivity index (χ0) is 21.2. The van der Waals surface area contributed by atoms with Crippen LogP contribution >= 0.6 is 11.8 Å². The van der Waals surface area contributed by atoms with Crippen molar-refractivity contribution >= 4 is 23.6 Å². The van der Waals surface area contributed by atoms with Gasteiger partial charge in [-0.05, 0) is 37.5 Å². The molecule has 0 radical (unpaired) electrons. The van der Waals surface area contributed by atoms with Gasteiger partial charge in [-0.25, -0.2) is 4.39 Å². The molecule has 0 heterocycles. The molecule has 0 saturated heterocycles. The van der Waals surface area contributed by atoms with Crippen LogP contribution in [0.4, 0.5) is 4.39 Å². The Bertz CT molecular complexity index is 798. The number of nitrogens with one attached hydrogen (secondary N) is 1. The fourth-order valence-electron chi connectivity index (χ4n) is 3.03. The highest BCUT2D eigenvalue weighted by Gasteiger charge is 2.28. The van der Waals surface area contributed by atoms with E-state index < -0.39 is 6.04 Å². The van der Waals surface area contributed by atoms with Gasteiger partial charge in [-0.3, -0.25) is 9.59 Å². The van der Waals surface area contributed by atoms with Crippen molar-refractivity contribution in [2.45, 2.75) is 51.6 Å². The molecule has 2 aromatic carbocycles. The van der Waals surface area contributed by atoms with E-state index in [0.29, 0.717) is 24.3 Å². The van der Waals surface area contributed by atoms with E-state index in [4.69, 9.17) is 0 Å². The van der Waals surface area contributed by atoms with E-state index in [2.05, 4.69) is 5.32 Å². The standard InChI is InChI=1S/C23H29FN2O2S/c1-4-21(23(28)25-17(2)3)26(14-18-10-6-5-7-11-18)22(27)16-29-15-19-12-8-9-13-20(19)24/h5-13,17,21H,4,14-16H2,1-3H3,(H,25,28)/t21-/m0/s1. The number of amides is 2. The van der Waals surface area contributed by atoms with Gasteiger partial charge in [0.15, 0.2) is 0 Å². The molecule has 6 heteroatoms. The fraction of sp³-hybridized carbons (Fsp3) is 0.391. The summed E-state index contributed by atoms with van der Waals surface area (Å²) in [6.07, 6.45) is 0.523. The molecule has 0 spiro atoms. The molecule has 0 aliphatic carbocycles. The highest BCUT2D eigenvalue weighted by atomic mass is 32.2. The normalized spacial score (nSPS) is 11.9. The van der Waals surface area contributed by atoms with Crippen LogP contribution in [0.5, 0.6) is 0 Å². The minimum Gasteiger partial charge on any atom is -0.352 e. The molecule has 0 bridgehead atoms. The topological polar surface area (TPSA) is 49.4 Å². The van der Waals surface area contributed by atoms with Gasteiger partial charge < -0.3 is 10.2 Å². The van der Waals surface area contributed by atoms with E-state index in [0.717, 1.165) is 5.56 Å². The summed E-state index contributed by atoms with van der Waals surface area (Å²) in [5.74, 6) is 0.0577. The lowest BCUT2D eigenvalue weighted by atomic mass is 10.1. The molecule has 2 aromatic rings. The maximum Gasteiger partial charge on any atom is 0.243 e. The van der Waals surface area contributed by atoms with E-state index in [-0.39, 0.29) is 29.4 Å². The summed E-state index contributed by atoms with van der Waals surface area (Å²) in [5.41, 5.74) is 1.54. The maximum absolute atomic E-state index is 13.8. The molecule has 1 atom stereocenters. The monoisotopic (exact) mass is 416 g/mol. The van der Waals surface area contributed by atoms with E-state index in [1.807, 2.05) is 51.1 Å². The number of benzene rings is 2. The van der Waals surface area contributed by atoms with Crippen LogP contribution in [0.2, 0.25) is 0 Å². The Morgan fingerprint density at radius 2 is 1.72 bits per heavy atom. The van der Waals surface area contributed by atoms with Crippen LogP contribution < -0.4 is 5.32 Å². The molecule has 29 heavy (non-hydrogen) atoms. The van der Waals surface area contributed by atoms with Crippen molar-refractivity contribution in [2.24, 2.45) is 0 Å². The van der Waals surface area contributed by atoms with Crippen molar-refractivity contribution < 1.29 is 14.0 Å². The van der Waals surface area contributed by atoms with Crippen LogP contribution in [0.3, 0.4) is 0 Å². The predicted molar refractivity (Wildman–Crippen MR) is 117 cm³/mol.